The summed E-state index contributed by atoms with van der Waals surface area (Å²) in [6.45, 7) is 2.21. The Hall–Kier alpha value is -2.11. The van der Waals surface area contributed by atoms with Gasteiger partial charge in [0.25, 0.3) is 5.91 Å². The van der Waals surface area contributed by atoms with Gasteiger partial charge in [-0.25, -0.2) is 0 Å². The minimum absolute atomic E-state index is 0.166. The molecule has 6 nitrogen and oxygen atoms in total. The number of carbonyl (C=O) groups excluding carboxylic acids is 2. The summed E-state index contributed by atoms with van der Waals surface area (Å²) >= 11 is 0. The second-order valence-electron chi connectivity index (χ2n) is 5.26. The molecule has 0 saturated carbocycles. The Morgan fingerprint density at radius 3 is 2.62 bits per heavy atom. The Morgan fingerprint density at radius 1 is 1.24 bits per heavy atom. The highest BCUT2D eigenvalue weighted by Crippen LogP contribution is 2.14. The first-order chi connectivity index (χ1) is 10.2. The molecule has 0 radical (unpaired) electrons. The quantitative estimate of drug-likeness (QED) is 0.857. The van der Waals surface area contributed by atoms with Crippen LogP contribution in [-0.2, 0) is 4.79 Å². The average molecular weight is 290 g/mol. The molecule has 0 aliphatic carbocycles. The number of hydrogen-bond donors (Lipinski definition) is 2. The largest absolute Gasteiger partial charge is 0.384 e. The lowest BCUT2D eigenvalue weighted by Gasteiger charge is -2.20. The third kappa shape index (κ3) is 4.44. The molecule has 1 aromatic rings. The van der Waals surface area contributed by atoms with Crippen molar-refractivity contribution in [2.24, 2.45) is 5.73 Å². The van der Waals surface area contributed by atoms with Gasteiger partial charge in [-0.2, -0.15) is 0 Å². The number of anilines is 1. The van der Waals surface area contributed by atoms with Crippen molar-refractivity contribution in [2.75, 3.05) is 25.0 Å². The van der Waals surface area contributed by atoms with E-state index in [1.165, 1.54) is 19.0 Å². The number of amides is 2. The monoisotopic (exact) mass is 290 g/mol. The van der Waals surface area contributed by atoms with E-state index >= 15 is 0 Å². The highest BCUT2D eigenvalue weighted by atomic mass is 16.2. The van der Waals surface area contributed by atoms with Gasteiger partial charge in [-0.15, -0.1) is 0 Å². The molecule has 0 atom stereocenters. The molecular formula is C15H22N4O2. The van der Waals surface area contributed by atoms with E-state index in [2.05, 4.69) is 10.3 Å². The molecule has 1 aliphatic heterocycles. The molecule has 1 saturated heterocycles. The first-order valence-corrected chi connectivity index (χ1v) is 7.44. The van der Waals surface area contributed by atoms with Gasteiger partial charge in [0, 0.05) is 38.4 Å². The summed E-state index contributed by atoms with van der Waals surface area (Å²) in [6, 6.07) is 1.69. The van der Waals surface area contributed by atoms with E-state index in [0.717, 1.165) is 25.9 Å². The minimum atomic E-state index is -0.524. The molecule has 0 bridgehead atoms. The predicted octanol–water partition coefficient (Wildman–Crippen LogP) is 1.39. The number of primary amides is 1. The summed E-state index contributed by atoms with van der Waals surface area (Å²) in [5.74, 6) is -0.358. The number of carbonyl (C=O) groups is 2. The van der Waals surface area contributed by atoms with E-state index < -0.39 is 5.91 Å². The van der Waals surface area contributed by atoms with Crippen LogP contribution in [0.4, 0.5) is 5.69 Å². The number of hydrogen-bond acceptors (Lipinski definition) is 4. The second-order valence-corrected chi connectivity index (χ2v) is 5.26. The van der Waals surface area contributed by atoms with Crippen LogP contribution < -0.4 is 11.1 Å². The van der Waals surface area contributed by atoms with Gasteiger partial charge in [0.1, 0.15) is 0 Å². The van der Waals surface area contributed by atoms with Crippen LogP contribution in [0.2, 0.25) is 0 Å². The van der Waals surface area contributed by atoms with Gasteiger partial charge in [-0.3, -0.25) is 14.6 Å². The summed E-state index contributed by atoms with van der Waals surface area (Å²) in [4.78, 5) is 29.2. The maximum atomic E-state index is 12.1. The Labute approximate surface area is 124 Å². The van der Waals surface area contributed by atoms with Crippen LogP contribution in [0.15, 0.2) is 18.5 Å². The van der Waals surface area contributed by atoms with Crippen molar-refractivity contribution in [1.82, 2.24) is 9.88 Å². The Balaban J connectivity index is 1.83. The van der Waals surface area contributed by atoms with Crippen molar-refractivity contribution in [1.29, 1.82) is 0 Å². The second kappa shape index (κ2) is 7.61. The first-order valence-electron chi connectivity index (χ1n) is 7.44. The molecule has 2 heterocycles. The third-order valence-corrected chi connectivity index (χ3v) is 3.70. The average Bonchev–Trinajstić information content (AvgIpc) is 2.76. The predicted molar refractivity (Wildman–Crippen MR) is 80.9 cm³/mol. The zero-order valence-corrected chi connectivity index (χ0v) is 12.2. The van der Waals surface area contributed by atoms with Crippen molar-refractivity contribution in [2.45, 2.75) is 32.1 Å². The fourth-order valence-corrected chi connectivity index (χ4v) is 2.53. The fraction of sp³-hybridized carbons (Fsp3) is 0.533. The van der Waals surface area contributed by atoms with E-state index in [4.69, 9.17) is 5.73 Å². The Kier molecular flexibility index (Phi) is 5.54. The smallest absolute Gasteiger partial charge is 0.252 e. The highest BCUT2D eigenvalue weighted by molar-refractivity contribution is 5.98. The molecule has 1 aliphatic rings. The van der Waals surface area contributed by atoms with Gasteiger partial charge in [0.15, 0.2) is 0 Å². The van der Waals surface area contributed by atoms with Crippen molar-refractivity contribution in [3.63, 3.8) is 0 Å². The van der Waals surface area contributed by atoms with E-state index in [9.17, 15) is 9.59 Å². The maximum Gasteiger partial charge on any atom is 0.252 e. The van der Waals surface area contributed by atoms with Crippen LogP contribution in [-0.4, -0.2) is 41.3 Å². The normalized spacial score (nSPS) is 15.3. The lowest BCUT2D eigenvalue weighted by atomic mass is 10.2. The van der Waals surface area contributed by atoms with E-state index in [1.54, 1.807) is 12.3 Å². The molecule has 1 fully saturated rings. The number of likely N-dealkylation sites (tertiary alicyclic amines) is 1. The summed E-state index contributed by atoms with van der Waals surface area (Å²) in [7, 11) is 0. The summed E-state index contributed by atoms with van der Waals surface area (Å²) < 4.78 is 0. The number of aromatic nitrogens is 1. The van der Waals surface area contributed by atoms with Crippen molar-refractivity contribution < 1.29 is 9.59 Å². The van der Waals surface area contributed by atoms with Crippen LogP contribution >= 0.6 is 0 Å². The number of pyridine rings is 1. The van der Waals surface area contributed by atoms with E-state index in [0.29, 0.717) is 24.2 Å². The van der Waals surface area contributed by atoms with Gasteiger partial charge < -0.3 is 16.0 Å². The molecule has 2 amide bonds. The van der Waals surface area contributed by atoms with Crippen LogP contribution in [0.1, 0.15) is 42.5 Å². The van der Waals surface area contributed by atoms with Crippen LogP contribution in [0, 0.1) is 0 Å². The molecule has 21 heavy (non-hydrogen) atoms. The fourth-order valence-electron chi connectivity index (χ4n) is 2.53. The lowest BCUT2D eigenvalue weighted by Crippen LogP contribution is -2.33. The zero-order valence-electron chi connectivity index (χ0n) is 12.2. The maximum absolute atomic E-state index is 12.1. The highest BCUT2D eigenvalue weighted by Gasteiger charge is 2.15. The van der Waals surface area contributed by atoms with Gasteiger partial charge in [-0.05, 0) is 18.9 Å². The molecule has 114 valence electrons. The van der Waals surface area contributed by atoms with Crippen LogP contribution in [0.3, 0.4) is 0 Å². The van der Waals surface area contributed by atoms with Crippen LogP contribution in [0.25, 0.3) is 0 Å². The molecule has 2 rings (SSSR count). The van der Waals surface area contributed by atoms with E-state index in [-0.39, 0.29) is 5.91 Å². The first kappa shape index (κ1) is 15.3. The van der Waals surface area contributed by atoms with Gasteiger partial charge >= 0.3 is 0 Å². The Morgan fingerprint density at radius 2 is 1.95 bits per heavy atom. The van der Waals surface area contributed by atoms with Crippen LogP contribution in [0.5, 0.6) is 0 Å². The molecule has 0 unspecified atom stereocenters. The van der Waals surface area contributed by atoms with Crippen molar-refractivity contribution in [3.05, 3.63) is 24.0 Å². The molecule has 0 aromatic carbocycles. The zero-order chi connectivity index (χ0) is 15.1. The topological polar surface area (TPSA) is 88.3 Å². The number of nitrogens with one attached hydrogen (secondary N) is 1. The summed E-state index contributed by atoms with van der Waals surface area (Å²) in [5.41, 5.74) is 6.26. The molecule has 6 heteroatoms. The molecular weight excluding hydrogens is 268 g/mol. The SMILES string of the molecule is NC(=O)c1cnccc1NCCC(=O)N1CCCCCC1. The van der Waals surface area contributed by atoms with Gasteiger partial charge in [-0.1, -0.05) is 12.8 Å². The molecule has 0 spiro atoms. The molecule has 1 aromatic heterocycles. The van der Waals surface area contributed by atoms with Gasteiger partial charge in [0.05, 0.1) is 11.3 Å². The number of nitrogens with zero attached hydrogens (tertiary/aromatic N) is 2. The van der Waals surface area contributed by atoms with Crippen molar-refractivity contribution >= 4 is 17.5 Å². The summed E-state index contributed by atoms with van der Waals surface area (Å²) in [6.07, 6.45) is 8.04. The molecule has 3 N–H and O–H groups in total. The van der Waals surface area contributed by atoms with Gasteiger partial charge in [0.2, 0.25) is 5.91 Å². The Bertz CT molecular complexity index is 496. The third-order valence-electron chi connectivity index (χ3n) is 3.70. The summed E-state index contributed by atoms with van der Waals surface area (Å²) in [5, 5.41) is 3.09. The van der Waals surface area contributed by atoms with E-state index in [1.807, 2.05) is 4.90 Å². The lowest BCUT2D eigenvalue weighted by molar-refractivity contribution is -0.130. The standard InChI is InChI=1S/C15H22N4O2/c16-15(21)12-11-17-7-5-13(12)18-8-6-14(20)19-9-3-1-2-4-10-19/h5,7,11H,1-4,6,8-10H2,(H2,16,21)(H,17,18). The minimum Gasteiger partial charge on any atom is -0.384 e. The van der Waals surface area contributed by atoms with Crippen molar-refractivity contribution in [3.8, 4) is 0 Å². The number of rotatable bonds is 5. The number of nitrogens with two attached hydrogens (primary N) is 1.